The fourth-order valence-electron chi connectivity index (χ4n) is 2.06. The second-order valence-electron chi connectivity index (χ2n) is 5.74. The number of nitrogens with two attached hydrogens (primary N) is 1. The van der Waals surface area contributed by atoms with Gasteiger partial charge in [0.2, 0.25) is 15.9 Å². The molecule has 1 fully saturated rings. The van der Waals surface area contributed by atoms with E-state index in [1.165, 1.54) is 0 Å². The fraction of sp³-hybridized carbons (Fsp3) is 0.462. The summed E-state index contributed by atoms with van der Waals surface area (Å²) in [6.45, 7) is 4.12. The van der Waals surface area contributed by atoms with Crippen molar-refractivity contribution in [2.45, 2.75) is 26.0 Å². The van der Waals surface area contributed by atoms with Crippen molar-refractivity contribution >= 4 is 21.6 Å². The molecule has 6 heteroatoms. The second kappa shape index (κ2) is 4.61. The molecular weight excluding hydrogens is 264 g/mol. The van der Waals surface area contributed by atoms with Crippen molar-refractivity contribution in [3.63, 3.8) is 0 Å². The van der Waals surface area contributed by atoms with E-state index in [-0.39, 0.29) is 23.0 Å². The smallest absolute Gasteiger partial charge is 0.228 e. The molecule has 1 atom stereocenters. The van der Waals surface area contributed by atoms with Crippen LogP contribution in [0.1, 0.15) is 25.8 Å². The Kier molecular flexibility index (Phi) is 3.40. The van der Waals surface area contributed by atoms with Crippen LogP contribution in [0.25, 0.3) is 0 Å². The van der Waals surface area contributed by atoms with Crippen molar-refractivity contribution in [3.05, 3.63) is 29.8 Å². The van der Waals surface area contributed by atoms with Gasteiger partial charge < -0.3 is 5.32 Å². The number of nitrogens with one attached hydrogen (secondary N) is 1. The van der Waals surface area contributed by atoms with Gasteiger partial charge in [-0.15, -0.1) is 0 Å². The van der Waals surface area contributed by atoms with Crippen LogP contribution < -0.4 is 10.5 Å². The quantitative estimate of drug-likeness (QED) is 0.876. The number of carbonyl (C=O) groups is 1. The van der Waals surface area contributed by atoms with Crippen LogP contribution in [0, 0.1) is 11.3 Å². The number of hydrogen-bond acceptors (Lipinski definition) is 3. The zero-order valence-electron chi connectivity index (χ0n) is 11.0. The molecule has 1 aliphatic carbocycles. The molecule has 0 aliphatic heterocycles. The monoisotopic (exact) mass is 282 g/mol. The highest BCUT2D eigenvalue weighted by molar-refractivity contribution is 7.88. The minimum absolute atomic E-state index is 0.0178. The van der Waals surface area contributed by atoms with E-state index in [9.17, 15) is 13.2 Å². The van der Waals surface area contributed by atoms with Gasteiger partial charge in [-0.2, -0.15) is 0 Å². The van der Waals surface area contributed by atoms with Crippen LogP contribution in [0.5, 0.6) is 0 Å². The molecule has 0 radical (unpaired) electrons. The third kappa shape index (κ3) is 3.78. The van der Waals surface area contributed by atoms with Gasteiger partial charge in [-0.1, -0.05) is 26.0 Å². The lowest BCUT2D eigenvalue weighted by molar-refractivity contribution is -0.118. The SMILES string of the molecule is CC1(C)CC1C(=O)Nc1ccc(CS(N)(=O)=O)cc1. The van der Waals surface area contributed by atoms with E-state index < -0.39 is 10.0 Å². The van der Waals surface area contributed by atoms with Gasteiger partial charge in [-0.3, -0.25) is 4.79 Å². The Morgan fingerprint density at radius 3 is 2.32 bits per heavy atom. The Hall–Kier alpha value is -1.40. The third-order valence-corrected chi connectivity index (χ3v) is 4.15. The molecule has 0 aromatic heterocycles. The highest BCUT2D eigenvalue weighted by Gasteiger charge is 2.50. The van der Waals surface area contributed by atoms with Gasteiger partial charge in [0.1, 0.15) is 0 Å². The zero-order valence-corrected chi connectivity index (χ0v) is 11.8. The number of anilines is 1. The number of amides is 1. The summed E-state index contributed by atoms with van der Waals surface area (Å²) in [5, 5.41) is 7.80. The van der Waals surface area contributed by atoms with Crippen LogP contribution in [-0.2, 0) is 20.6 Å². The van der Waals surface area contributed by atoms with Gasteiger partial charge in [0.05, 0.1) is 5.75 Å². The molecule has 0 saturated heterocycles. The van der Waals surface area contributed by atoms with Crippen molar-refractivity contribution in [1.82, 2.24) is 0 Å². The van der Waals surface area contributed by atoms with Crippen LogP contribution in [-0.4, -0.2) is 14.3 Å². The molecule has 0 spiro atoms. The van der Waals surface area contributed by atoms with E-state index in [0.717, 1.165) is 6.42 Å². The van der Waals surface area contributed by atoms with Gasteiger partial charge >= 0.3 is 0 Å². The lowest BCUT2D eigenvalue weighted by Crippen LogP contribution is -2.17. The van der Waals surface area contributed by atoms with E-state index in [4.69, 9.17) is 5.14 Å². The standard InChI is InChI=1S/C13H18N2O3S/c1-13(2)7-11(13)12(16)15-10-5-3-9(4-6-10)8-19(14,17)18/h3-6,11H,7-8H2,1-2H3,(H,15,16)(H2,14,17,18). The van der Waals surface area contributed by atoms with Crippen LogP contribution in [0.3, 0.4) is 0 Å². The Morgan fingerprint density at radius 1 is 1.37 bits per heavy atom. The first-order valence-electron chi connectivity index (χ1n) is 6.08. The maximum Gasteiger partial charge on any atom is 0.228 e. The van der Waals surface area contributed by atoms with E-state index in [1.807, 2.05) is 0 Å². The number of hydrogen-bond donors (Lipinski definition) is 2. The number of rotatable bonds is 4. The average Bonchev–Trinajstić information content (AvgIpc) is 2.89. The summed E-state index contributed by atoms with van der Waals surface area (Å²) >= 11 is 0. The van der Waals surface area contributed by atoms with Gasteiger partial charge in [-0.05, 0) is 29.5 Å². The minimum atomic E-state index is -3.52. The number of primary sulfonamides is 1. The summed E-state index contributed by atoms with van der Waals surface area (Å²) < 4.78 is 21.9. The Morgan fingerprint density at radius 2 is 1.89 bits per heavy atom. The van der Waals surface area contributed by atoms with Gasteiger partial charge in [0, 0.05) is 11.6 Å². The number of benzene rings is 1. The summed E-state index contributed by atoms with van der Waals surface area (Å²) in [4.78, 5) is 11.9. The van der Waals surface area contributed by atoms with E-state index in [1.54, 1.807) is 24.3 Å². The highest BCUT2D eigenvalue weighted by atomic mass is 32.2. The predicted octanol–water partition coefficient (Wildman–Crippen LogP) is 1.46. The van der Waals surface area contributed by atoms with Crippen LogP contribution >= 0.6 is 0 Å². The zero-order chi connectivity index (χ0) is 14.3. The lowest BCUT2D eigenvalue weighted by Gasteiger charge is -2.07. The topological polar surface area (TPSA) is 89.3 Å². The molecule has 3 N–H and O–H groups in total. The number of sulfonamides is 1. The van der Waals surface area contributed by atoms with Crippen molar-refractivity contribution in [2.24, 2.45) is 16.5 Å². The summed E-state index contributed by atoms with van der Waals surface area (Å²) in [6.07, 6.45) is 0.905. The summed E-state index contributed by atoms with van der Waals surface area (Å²) in [7, 11) is -3.52. The molecule has 104 valence electrons. The third-order valence-electron chi connectivity index (χ3n) is 3.42. The molecule has 5 nitrogen and oxygen atoms in total. The predicted molar refractivity (Wildman–Crippen MR) is 73.8 cm³/mol. The first-order valence-corrected chi connectivity index (χ1v) is 7.79. The van der Waals surface area contributed by atoms with Gasteiger partial charge in [0.25, 0.3) is 0 Å². The fourth-order valence-corrected chi connectivity index (χ4v) is 2.72. The van der Waals surface area contributed by atoms with E-state index >= 15 is 0 Å². The van der Waals surface area contributed by atoms with Crippen molar-refractivity contribution < 1.29 is 13.2 Å². The van der Waals surface area contributed by atoms with Crippen molar-refractivity contribution in [1.29, 1.82) is 0 Å². The first kappa shape index (κ1) is 14.0. The molecule has 1 aliphatic rings. The molecule has 0 bridgehead atoms. The number of carbonyl (C=O) groups excluding carboxylic acids is 1. The van der Waals surface area contributed by atoms with Gasteiger partial charge in [-0.25, -0.2) is 13.6 Å². The highest BCUT2D eigenvalue weighted by Crippen LogP contribution is 2.51. The first-order chi connectivity index (χ1) is 8.67. The van der Waals surface area contributed by atoms with E-state index in [0.29, 0.717) is 11.3 Å². The molecule has 1 amide bonds. The van der Waals surface area contributed by atoms with Crippen molar-refractivity contribution in [3.8, 4) is 0 Å². The average molecular weight is 282 g/mol. The van der Waals surface area contributed by atoms with Gasteiger partial charge in [0.15, 0.2) is 0 Å². The minimum Gasteiger partial charge on any atom is -0.326 e. The summed E-state index contributed by atoms with van der Waals surface area (Å²) in [6, 6.07) is 6.68. The summed E-state index contributed by atoms with van der Waals surface area (Å²) in [5.74, 6) is -0.113. The second-order valence-corrected chi connectivity index (χ2v) is 7.35. The van der Waals surface area contributed by atoms with Crippen molar-refractivity contribution in [2.75, 3.05) is 5.32 Å². The Bertz CT molecular complexity index is 591. The molecule has 0 heterocycles. The maximum atomic E-state index is 11.9. The molecule has 19 heavy (non-hydrogen) atoms. The Labute approximate surface area is 113 Å². The summed E-state index contributed by atoms with van der Waals surface area (Å²) in [5.41, 5.74) is 1.37. The largest absolute Gasteiger partial charge is 0.326 e. The van der Waals surface area contributed by atoms with Crippen LogP contribution in [0.4, 0.5) is 5.69 Å². The molecule has 1 unspecified atom stereocenters. The molecular formula is C13H18N2O3S. The molecule has 2 rings (SSSR count). The van der Waals surface area contributed by atoms with E-state index in [2.05, 4.69) is 19.2 Å². The normalized spacial score (nSPS) is 20.9. The molecule has 1 aromatic carbocycles. The molecule has 1 aromatic rings. The van der Waals surface area contributed by atoms with Crippen LogP contribution in [0.2, 0.25) is 0 Å². The maximum absolute atomic E-state index is 11.9. The lowest BCUT2D eigenvalue weighted by atomic mass is 10.1. The Balaban J connectivity index is 1.98. The van der Waals surface area contributed by atoms with Crippen LogP contribution in [0.15, 0.2) is 24.3 Å². The molecule has 1 saturated carbocycles.